The van der Waals surface area contributed by atoms with E-state index >= 15 is 0 Å². The van der Waals surface area contributed by atoms with Crippen molar-refractivity contribution in [2.75, 3.05) is 30.3 Å². The van der Waals surface area contributed by atoms with E-state index < -0.39 is 0 Å². The summed E-state index contributed by atoms with van der Waals surface area (Å²) in [4.78, 5) is 29.2. The van der Waals surface area contributed by atoms with Crippen molar-refractivity contribution < 1.29 is 14.0 Å². The summed E-state index contributed by atoms with van der Waals surface area (Å²) in [5, 5.41) is 0.0531. The first-order valence-electron chi connectivity index (χ1n) is 9.73. The van der Waals surface area contributed by atoms with Crippen LogP contribution in [0.5, 0.6) is 0 Å². The standard InChI is InChI=1S/C22H22BrFN2O2S/c23-16-4-3-5-17(13-16)26-14-15(12-21(26)27)22(28)25-9-8-20(29-11-10-25)18-6-1-2-7-19(18)24/h1-7,13,15,20H,8-12,14H2. The first kappa shape index (κ1) is 20.4. The minimum atomic E-state index is -0.323. The van der Waals surface area contributed by atoms with Crippen LogP contribution in [-0.4, -0.2) is 42.1 Å². The summed E-state index contributed by atoms with van der Waals surface area (Å²) in [7, 11) is 0. The van der Waals surface area contributed by atoms with E-state index in [4.69, 9.17) is 0 Å². The second kappa shape index (κ2) is 8.88. The third kappa shape index (κ3) is 4.51. The van der Waals surface area contributed by atoms with Crippen LogP contribution in [0.25, 0.3) is 0 Å². The zero-order valence-electron chi connectivity index (χ0n) is 15.9. The lowest BCUT2D eigenvalue weighted by molar-refractivity contribution is -0.135. The number of amides is 2. The minimum absolute atomic E-state index is 0.0186. The van der Waals surface area contributed by atoms with Crippen molar-refractivity contribution in [2.45, 2.75) is 18.1 Å². The van der Waals surface area contributed by atoms with E-state index in [1.54, 1.807) is 22.7 Å². The fourth-order valence-electron chi connectivity index (χ4n) is 4.00. The van der Waals surface area contributed by atoms with E-state index in [-0.39, 0.29) is 35.2 Å². The highest BCUT2D eigenvalue weighted by atomic mass is 79.9. The molecule has 7 heteroatoms. The summed E-state index contributed by atoms with van der Waals surface area (Å²) in [5.74, 6) is 0.272. The molecule has 2 unspecified atom stereocenters. The molecule has 0 radical (unpaired) electrons. The molecule has 2 aromatic carbocycles. The number of anilines is 1. The van der Waals surface area contributed by atoms with Crippen molar-refractivity contribution in [1.29, 1.82) is 0 Å². The van der Waals surface area contributed by atoms with E-state index in [1.807, 2.05) is 41.3 Å². The van der Waals surface area contributed by atoms with Gasteiger partial charge in [0.2, 0.25) is 11.8 Å². The van der Waals surface area contributed by atoms with E-state index in [1.165, 1.54) is 6.07 Å². The van der Waals surface area contributed by atoms with Crippen LogP contribution in [0.1, 0.15) is 23.7 Å². The second-order valence-corrected chi connectivity index (χ2v) is 9.61. The Morgan fingerprint density at radius 2 is 1.97 bits per heavy atom. The molecule has 0 spiro atoms. The number of halogens is 2. The Bertz CT molecular complexity index is 925. The maximum absolute atomic E-state index is 14.1. The highest BCUT2D eigenvalue weighted by Gasteiger charge is 2.37. The van der Waals surface area contributed by atoms with E-state index in [0.29, 0.717) is 31.6 Å². The maximum Gasteiger partial charge on any atom is 0.228 e. The van der Waals surface area contributed by atoms with Gasteiger partial charge in [-0.3, -0.25) is 9.59 Å². The smallest absolute Gasteiger partial charge is 0.228 e. The Morgan fingerprint density at radius 3 is 2.76 bits per heavy atom. The number of rotatable bonds is 3. The van der Waals surface area contributed by atoms with Gasteiger partial charge in [0.1, 0.15) is 5.82 Å². The largest absolute Gasteiger partial charge is 0.342 e. The van der Waals surface area contributed by atoms with Gasteiger partial charge in [0.05, 0.1) is 5.92 Å². The van der Waals surface area contributed by atoms with Crippen molar-refractivity contribution in [3.05, 3.63) is 64.4 Å². The van der Waals surface area contributed by atoms with Crippen LogP contribution < -0.4 is 4.90 Å². The summed E-state index contributed by atoms with van der Waals surface area (Å²) in [5.41, 5.74) is 1.52. The van der Waals surface area contributed by atoms with Crippen LogP contribution in [0.4, 0.5) is 10.1 Å². The van der Waals surface area contributed by atoms with E-state index in [9.17, 15) is 14.0 Å². The van der Waals surface area contributed by atoms with Crippen LogP contribution in [0.15, 0.2) is 53.0 Å². The molecule has 2 amide bonds. The zero-order chi connectivity index (χ0) is 20.4. The topological polar surface area (TPSA) is 40.6 Å². The highest BCUT2D eigenvalue weighted by Crippen LogP contribution is 2.36. The molecule has 2 fully saturated rings. The molecule has 29 heavy (non-hydrogen) atoms. The van der Waals surface area contributed by atoms with E-state index in [2.05, 4.69) is 15.9 Å². The Labute approximate surface area is 182 Å². The second-order valence-electron chi connectivity index (χ2n) is 7.38. The molecule has 2 atom stereocenters. The number of carbonyl (C=O) groups excluding carboxylic acids is 2. The van der Waals surface area contributed by atoms with Crippen LogP contribution in [0, 0.1) is 11.7 Å². The summed E-state index contributed by atoms with van der Waals surface area (Å²) in [6.45, 7) is 1.64. The quantitative estimate of drug-likeness (QED) is 0.647. The molecule has 2 heterocycles. The molecule has 0 saturated carbocycles. The average molecular weight is 477 g/mol. The van der Waals surface area contributed by atoms with Gasteiger partial charge in [-0.1, -0.05) is 40.2 Å². The molecule has 2 saturated heterocycles. The maximum atomic E-state index is 14.1. The Kier molecular flexibility index (Phi) is 6.25. The first-order valence-corrected chi connectivity index (χ1v) is 11.6. The number of nitrogens with zero attached hydrogens (tertiary/aromatic N) is 2. The highest BCUT2D eigenvalue weighted by molar-refractivity contribution is 9.10. The first-order chi connectivity index (χ1) is 14.0. The van der Waals surface area contributed by atoms with Gasteiger partial charge in [-0.15, -0.1) is 0 Å². The number of thioether (sulfide) groups is 1. The molecular formula is C22H22BrFN2O2S. The third-order valence-corrected chi connectivity index (χ3v) is 7.30. The van der Waals surface area contributed by atoms with Gasteiger partial charge >= 0.3 is 0 Å². The Hall–Kier alpha value is -1.86. The molecular weight excluding hydrogens is 455 g/mol. The van der Waals surface area contributed by atoms with Gasteiger partial charge in [-0.2, -0.15) is 11.8 Å². The van der Waals surface area contributed by atoms with Gasteiger partial charge in [-0.05, 0) is 30.7 Å². The lowest BCUT2D eigenvalue weighted by atomic mass is 10.1. The predicted octanol–water partition coefficient (Wildman–Crippen LogP) is 4.65. The number of hydrogen-bond donors (Lipinski definition) is 0. The molecule has 0 bridgehead atoms. The van der Waals surface area contributed by atoms with Crippen molar-refractivity contribution in [3.8, 4) is 0 Å². The number of hydrogen-bond acceptors (Lipinski definition) is 3. The number of carbonyl (C=O) groups is 2. The molecule has 2 aromatic rings. The van der Waals surface area contributed by atoms with Crippen molar-refractivity contribution in [1.82, 2.24) is 4.90 Å². The molecule has 2 aliphatic rings. The zero-order valence-corrected chi connectivity index (χ0v) is 18.3. The molecule has 4 rings (SSSR count). The molecule has 152 valence electrons. The monoisotopic (exact) mass is 476 g/mol. The van der Waals surface area contributed by atoms with Crippen LogP contribution in [0.2, 0.25) is 0 Å². The van der Waals surface area contributed by atoms with Gasteiger partial charge in [0, 0.05) is 52.8 Å². The third-order valence-electron chi connectivity index (χ3n) is 5.50. The van der Waals surface area contributed by atoms with Gasteiger partial charge in [0.25, 0.3) is 0 Å². The fraction of sp³-hybridized carbons (Fsp3) is 0.364. The van der Waals surface area contributed by atoms with Crippen LogP contribution in [-0.2, 0) is 9.59 Å². The van der Waals surface area contributed by atoms with Crippen molar-refractivity contribution in [3.63, 3.8) is 0 Å². The van der Waals surface area contributed by atoms with Crippen molar-refractivity contribution in [2.24, 2.45) is 5.92 Å². The fourth-order valence-corrected chi connectivity index (χ4v) is 5.64. The Balaban J connectivity index is 1.41. The van der Waals surface area contributed by atoms with Gasteiger partial charge in [-0.25, -0.2) is 4.39 Å². The minimum Gasteiger partial charge on any atom is -0.342 e. The molecule has 0 aromatic heterocycles. The molecule has 0 N–H and O–H groups in total. The summed E-state index contributed by atoms with van der Waals surface area (Å²) in [6.07, 6.45) is 0.957. The average Bonchev–Trinajstić information content (AvgIpc) is 2.94. The van der Waals surface area contributed by atoms with Crippen LogP contribution in [0.3, 0.4) is 0 Å². The summed E-state index contributed by atoms with van der Waals surface area (Å²) in [6, 6.07) is 14.5. The Morgan fingerprint density at radius 1 is 1.14 bits per heavy atom. The number of benzene rings is 2. The molecule has 4 nitrogen and oxygen atoms in total. The normalized spacial score (nSPS) is 22.6. The molecule has 0 aliphatic carbocycles. The van der Waals surface area contributed by atoms with Gasteiger partial charge < -0.3 is 9.80 Å². The predicted molar refractivity (Wildman–Crippen MR) is 117 cm³/mol. The summed E-state index contributed by atoms with van der Waals surface area (Å²) < 4.78 is 15.0. The van der Waals surface area contributed by atoms with Crippen molar-refractivity contribution >= 4 is 45.2 Å². The SMILES string of the molecule is O=C(C1CC(=O)N(c2cccc(Br)c2)C1)N1CCSC(c2ccccc2F)CC1. The lowest BCUT2D eigenvalue weighted by Gasteiger charge is -2.24. The summed E-state index contributed by atoms with van der Waals surface area (Å²) >= 11 is 5.13. The van der Waals surface area contributed by atoms with Crippen LogP contribution >= 0.6 is 27.7 Å². The van der Waals surface area contributed by atoms with E-state index in [0.717, 1.165) is 15.9 Å². The molecule has 2 aliphatic heterocycles. The lowest BCUT2D eigenvalue weighted by Crippen LogP contribution is -2.38. The van der Waals surface area contributed by atoms with Gasteiger partial charge in [0.15, 0.2) is 0 Å².